The average Bonchev–Trinajstić information content (AvgIpc) is 2.72. The molecule has 1 aliphatic heterocycles. The number of aryl methyl sites for hydroxylation is 6. The minimum atomic E-state index is -1.47. The molecule has 0 atom stereocenters. The Balaban J connectivity index is 2.27. The van der Waals surface area contributed by atoms with Crippen LogP contribution in [-0.2, 0) is 0 Å². The molecule has 0 saturated heterocycles. The molecule has 1 aliphatic rings. The van der Waals surface area contributed by atoms with E-state index in [1.165, 1.54) is 55.7 Å². The lowest BCUT2D eigenvalue weighted by atomic mass is 9.85. The summed E-state index contributed by atoms with van der Waals surface area (Å²) in [5.74, 6) is 0. The first-order valence-corrected chi connectivity index (χ1v) is 12.4. The van der Waals surface area contributed by atoms with Crippen molar-refractivity contribution in [2.24, 2.45) is 0 Å². The fourth-order valence-electron chi connectivity index (χ4n) is 4.56. The van der Waals surface area contributed by atoms with E-state index in [1.54, 1.807) is 0 Å². The molecule has 3 rings (SSSR count). The summed E-state index contributed by atoms with van der Waals surface area (Å²) in [7, 11) is -1.47. The van der Waals surface area contributed by atoms with Crippen molar-refractivity contribution in [3.05, 3.63) is 80.2 Å². The second-order valence-corrected chi connectivity index (χ2v) is 12.7. The third-order valence-electron chi connectivity index (χ3n) is 5.22. The van der Waals surface area contributed by atoms with E-state index in [1.807, 2.05) is 0 Å². The number of allylic oxidation sites excluding steroid dienone is 2. The molecule has 0 radical (unpaired) electrons. The van der Waals surface area contributed by atoms with Gasteiger partial charge >= 0.3 is 0 Å². The molecule has 1 heterocycles. The zero-order chi connectivity index (χ0) is 18.5. The van der Waals surface area contributed by atoms with Crippen LogP contribution in [-0.4, -0.2) is 8.07 Å². The number of benzene rings is 2. The lowest BCUT2D eigenvalue weighted by Gasteiger charge is -2.19. The van der Waals surface area contributed by atoms with E-state index in [9.17, 15) is 0 Å². The summed E-state index contributed by atoms with van der Waals surface area (Å²) < 4.78 is 0. The van der Waals surface area contributed by atoms with Crippen molar-refractivity contribution in [3.63, 3.8) is 0 Å². The molecular weight excluding hydrogens is 316 g/mol. The zero-order valence-corrected chi connectivity index (χ0v) is 18.0. The highest BCUT2D eigenvalue weighted by Gasteiger charge is 2.29. The van der Waals surface area contributed by atoms with E-state index in [0.717, 1.165) is 0 Å². The van der Waals surface area contributed by atoms with Crippen LogP contribution in [0.5, 0.6) is 0 Å². The minimum absolute atomic E-state index is 1.35. The van der Waals surface area contributed by atoms with Crippen molar-refractivity contribution >= 4 is 19.2 Å². The molecule has 0 unspecified atom stereocenters. The van der Waals surface area contributed by atoms with Crippen LogP contribution in [0.2, 0.25) is 13.1 Å². The second kappa shape index (κ2) is 6.14. The van der Waals surface area contributed by atoms with Gasteiger partial charge in [0.05, 0.1) is 8.07 Å². The maximum Gasteiger partial charge on any atom is 0.0969 e. The first kappa shape index (κ1) is 17.9. The molecule has 0 saturated carbocycles. The molecule has 0 amide bonds. The van der Waals surface area contributed by atoms with Gasteiger partial charge in [-0.05, 0) is 86.1 Å². The molecule has 130 valence electrons. The molecule has 2 aromatic rings. The van der Waals surface area contributed by atoms with Crippen molar-refractivity contribution in [1.29, 1.82) is 0 Å². The number of hydrogen-bond acceptors (Lipinski definition) is 0. The predicted octanol–water partition coefficient (Wildman–Crippen LogP) is 6.80. The highest BCUT2D eigenvalue weighted by atomic mass is 28.3. The van der Waals surface area contributed by atoms with Crippen LogP contribution in [0, 0.1) is 41.5 Å². The first-order valence-electron chi connectivity index (χ1n) is 9.21. The smallest absolute Gasteiger partial charge is 0.0823 e. The Labute approximate surface area is 154 Å². The van der Waals surface area contributed by atoms with Crippen molar-refractivity contribution in [3.8, 4) is 0 Å². The van der Waals surface area contributed by atoms with Crippen molar-refractivity contribution in [1.82, 2.24) is 0 Å². The predicted molar refractivity (Wildman–Crippen MR) is 115 cm³/mol. The minimum Gasteiger partial charge on any atom is -0.0823 e. The van der Waals surface area contributed by atoms with Crippen LogP contribution in [0.15, 0.2) is 35.7 Å². The molecular formula is C24H30Si. The number of hydrogen-bond donors (Lipinski definition) is 0. The van der Waals surface area contributed by atoms with Gasteiger partial charge in [0.15, 0.2) is 0 Å². The van der Waals surface area contributed by atoms with E-state index < -0.39 is 8.07 Å². The van der Waals surface area contributed by atoms with Gasteiger partial charge in [0, 0.05) is 0 Å². The summed E-state index contributed by atoms with van der Waals surface area (Å²) in [6.07, 6.45) is 0. The Morgan fingerprint density at radius 2 is 0.800 bits per heavy atom. The Morgan fingerprint density at radius 3 is 1.08 bits per heavy atom. The molecule has 2 aromatic carbocycles. The standard InChI is InChI=1S/C24H30Si/c1-15-9-17(3)23(18(4)10-15)21-13-25(7,8)14-22(21)24-19(5)11-16(2)12-20(24)6/h9-14H,1-8H3. The summed E-state index contributed by atoms with van der Waals surface area (Å²) in [6.45, 7) is 18.3. The highest BCUT2D eigenvalue weighted by Crippen LogP contribution is 2.43. The van der Waals surface area contributed by atoms with E-state index in [-0.39, 0.29) is 0 Å². The molecule has 0 N–H and O–H groups in total. The monoisotopic (exact) mass is 346 g/mol. The fraction of sp³-hybridized carbons (Fsp3) is 0.333. The largest absolute Gasteiger partial charge is 0.0969 e. The van der Waals surface area contributed by atoms with Crippen LogP contribution in [0.1, 0.15) is 44.5 Å². The van der Waals surface area contributed by atoms with Gasteiger partial charge in [-0.3, -0.25) is 0 Å². The maximum absolute atomic E-state index is 2.59. The van der Waals surface area contributed by atoms with Crippen molar-refractivity contribution in [2.45, 2.75) is 54.6 Å². The Kier molecular flexibility index (Phi) is 4.41. The fourth-order valence-corrected chi connectivity index (χ4v) is 6.74. The molecule has 0 spiro atoms. The molecule has 0 aromatic heterocycles. The van der Waals surface area contributed by atoms with E-state index in [2.05, 4.69) is 90.3 Å². The van der Waals surface area contributed by atoms with Gasteiger partial charge in [-0.1, -0.05) is 59.9 Å². The summed E-state index contributed by atoms with van der Waals surface area (Å²) >= 11 is 0. The third kappa shape index (κ3) is 3.30. The average molecular weight is 347 g/mol. The van der Waals surface area contributed by atoms with Gasteiger partial charge in [0.1, 0.15) is 0 Å². The van der Waals surface area contributed by atoms with E-state index in [4.69, 9.17) is 0 Å². The topological polar surface area (TPSA) is 0 Å². The van der Waals surface area contributed by atoms with Crippen molar-refractivity contribution in [2.75, 3.05) is 0 Å². The highest BCUT2D eigenvalue weighted by molar-refractivity contribution is 6.90. The molecule has 0 aliphatic carbocycles. The molecule has 0 bridgehead atoms. The molecule has 0 nitrogen and oxygen atoms in total. The molecule has 25 heavy (non-hydrogen) atoms. The van der Waals surface area contributed by atoms with Crippen LogP contribution in [0.25, 0.3) is 11.1 Å². The van der Waals surface area contributed by atoms with Crippen LogP contribution >= 0.6 is 0 Å². The van der Waals surface area contributed by atoms with Gasteiger partial charge in [0.2, 0.25) is 0 Å². The van der Waals surface area contributed by atoms with Gasteiger partial charge in [0.25, 0.3) is 0 Å². The van der Waals surface area contributed by atoms with E-state index in [0.29, 0.717) is 0 Å². The van der Waals surface area contributed by atoms with E-state index >= 15 is 0 Å². The summed E-state index contributed by atoms with van der Waals surface area (Å²) in [6, 6.07) is 9.29. The molecule has 1 heteroatoms. The van der Waals surface area contributed by atoms with Gasteiger partial charge < -0.3 is 0 Å². The lowest BCUT2D eigenvalue weighted by molar-refractivity contribution is 1.28. The summed E-state index contributed by atoms with van der Waals surface area (Å²) in [5.41, 5.74) is 19.2. The van der Waals surface area contributed by atoms with Crippen molar-refractivity contribution < 1.29 is 0 Å². The van der Waals surface area contributed by atoms with Gasteiger partial charge in [-0.2, -0.15) is 0 Å². The first-order chi connectivity index (χ1) is 11.6. The second-order valence-electron chi connectivity index (χ2n) is 8.48. The Morgan fingerprint density at radius 1 is 0.520 bits per heavy atom. The van der Waals surface area contributed by atoms with Gasteiger partial charge in [-0.25, -0.2) is 0 Å². The van der Waals surface area contributed by atoms with Crippen LogP contribution < -0.4 is 0 Å². The van der Waals surface area contributed by atoms with Gasteiger partial charge in [-0.15, -0.1) is 0 Å². The third-order valence-corrected chi connectivity index (χ3v) is 7.28. The zero-order valence-electron chi connectivity index (χ0n) is 17.0. The van der Waals surface area contributed by atoms with Crippen LogP contribution in [0.4, 0.5) is 0 Å². The SMILES string of the molecule is Cc1cc(C)c(C2=C[Si](C)(C)C=C2c2c(C)cc(C)cc2C)c(C)c1. The van der Waals surface area contributed by atoms with Crippen LogP contribution in [0.3, 0.4) is 0 Å². The Hall–Kier alpha value is -1.86. The quantitative estimate of drug-likeness (QED) is 0.524. The summed E-state index contributed by atoms with van der Waals surface area (Å²) in [4.78, 5) is 0. The maximum atomic E-state index is 2.59. The summed E-state index contributed by atoms with van der Waals surface area (Å²) in [5, 5.41) is 0. The number of rotatable bonds is 2. The molecule has 0 fully saturated rings. The normalized spacial score (nSPS) is 16.0. The lowest BCUT2D eigenvalue weighted by Crippen LogP contribution is -2.16. The Bertz CT molecular complexity index is 802.